The topological polar surface area (TPSA) is 42.4 Å². The minimum atomic E-state index is -0.466. The number of hydrogen-bond donors (Lipinski definition) is 0. The molecule has 0 spiro atoms. The van der Waals surface area contributed by atoms with Crippen LogP contribution in [0.2, 0.25) is 0 Å². The molecule has 4 nitrogen and oxygen atoms in total. The van der Waals surface area contributed by atoms with Crippen molar-refractivity contribution in [2.45, 2.75) is 67.0 Å². The summed E-state index contributed by atoms with van der Waals surface area (Å²) in [5.74, 6) is 0. The number of fused-ring (bicyclic) bond motifs is 2. The molecule has 0 saturated carbocycles. The summed E-state index contributed by atoms with van der Waals surface area (Å²) in [7, 11) is 0. The number of carbonyl (C=O) groups is 1. The van der Waals surface area contributed by atoms with Crippen molar-refractivity contribution in [2.24, 2.45) is 0 Å². The number of ether oxygens (including phenoxy) is 1. The van der Waals surface area contributed by atoms with Gasteiger partial charge in [0.2, 0.25) is 0 Å². The Morgan fingerprint density at radius 3 is 2.55 bits per heavy atom. The van der Waals surface area contributed by atoms with Gasteiger partial charge in [-0.25, -0.2) is 9.78 Å². The molecule has 6 heteroatoms. The van der Waals surface area contributed by atoms with Crippen LogP contribution in [0.15, 0.2) is 18.2 Å². The van der Waals surface area contributed by atoms with Crippen LogP contribution in [-0.2, 0) is 17.7 Å². The lowest BCUT2D eigenvalue weighted by Crippen LogP contribution is -2.39. The van der Waals surface area contributed by atoms with Crippen LogP contribution < -0.4 is 0 Å². The average molecular weight is 431 g/mol. The van der Waals surface area contributed by atoms with E-state index in [-0.39, 0.29) is 6.09 Å². The molecule has 3 heterocycles. The van der Waals surface area contributed by atoms with Gasteiger partial charge in [-0.15, -0.1) is 22.7 Å². The van der Waals surface area contributed by atoms with Gasteiger partial charge in [-0.2, -0.15) is 0 Å². The molecule has 1 aromatic carbocycles. The highest BCUT2D eigenvalue weighted by Gasteiger charge is 2.30. The zero-order valence-electron chi connectivity index (χ0n) is 18.4. The number of benzene rings is 1. The SMILES string of the molecule is CC.Cc1sc2c(c1-c1nc3c(C)cccc3s1)CCN(C(=O)OC(C)(C)C)C2. The van der Waals surface area contributed by atoms with E-state index in [1.54, 1.807) is 22.7 Å². The third-order valence-electron chi connectivity index (χ3n) is 4.72. The Balaban J connectivity index is 0.00000117. The van der Waals surface area contributed by atoms with Gasteiger partial charge in [0, 0.05) is 21.9 Å². The Morgan fingerprint density at radius 2 is 1.90 bits per heavy atom. The van der Waals surface area contributed by atoms with E-state index in [4.69, 9.17) is 9.72 Å². The fourth-order valence-corrected chi connectivity index (χ4v) is 5.97. The van der Waals surface area contributed by atoms with Crippen molar-refractivity contribution < 1.29 is 9.53 Å². The van der Waals surface area contributed by atoms with Crippen LogP contribution in [0.3, 0.4) is 0 Å². The highest BCUT2D eigenvalue weighted by atomic mass is 32.1. The van der Waals surface area contributed by atoms with E-state index in [0.29, 0.717) is 13.1 Å². The minimum absolute atomic E-state index is 0.226. The summed E-state index contributed by atoms with van der Waals surface area (Å²) in [4.78, 5) is 21.7. The lowest BCUT2D eigenvalue weighted by atomic mass is 10.0. The Bertz CT molecular complexity index is 1030. The quantitative estimate of drug-likeness (QED) is 0.419. The van der Waals surface area contributed by atoms with Crippen LogP contribution in [0.1, 0.15) is 55.5 Å². The number of carbonyl (C=O) groups excluding carboxylic acids is 1. The number of para-hydroxylation sites is 1. The Kier molecular flexibility index (Phi) is 6.34. The number of aromatic nitrogens is 1. The first-order chi connectivity index (χ1) is 13.7. The molecule has 4 rings (SSSR count). The van der Waals surface area contributed by atoms with Crippen molar-refractivity contribution in [1.82, 2.24) is 9.88 Å². The third-order valence-corrected chi connectivity index (χ3v) is 6.89. The summed E-state index contributed by atoms with van der Waals surface area (Å²) >= 11 is 3.54. The summed E-state index contributed by atoms with van der Waals surface area (Å²) in [6, 6.07) is 6.34. The van der Waals surface area contributed by atoms with Crippen LogP contribution in [0.25, 0.3) is 20.8 Å². The average Bonchev–Trinajstić information content (AvgIpc) is 3.22. The maximum absolute atomic E-state index is 12.4. The molecule has 1 amide bonds. The molecular formula is C23H30N2O2S2. The number of aryl methyl sites for hydroxylation is 2. The van der Waals surface area contributed by atoms with E-state index in [1.165, 1.54) is 31.1 Å². The van der Waals surface area contributed by atoms with Crippen LogP contribution in [0.5, 0.6) is 0 Å². The zero-order chi connectivity index (χ0) is 21.3. The normalized spacial score (nSPS) is 13.7. The lowest BCUT2D eigenvalue weighted by molar-refractivity contribution is 0.0227. The van der Waals surface area contributed by atoms with Gasteiger partial charge < -0.3 is 9.64 Å². The van der Waals surface area contributed by atoms with Gasteiger partial charge in [0.05, 0.1) is 16.8 Å². The van der Waals surface area contributed by atoms with E-state index >= 15 is 0 Å². The molecule has 0 fully saturated rings. The van der Waals surface area contributed by atoms with E-state index in [2.05, 4.69) is 32.0 Å². The van der Waals surface area contributed by atoms with Crippen LogP contribution in [0, 0.1) is 13.8 Å². The molecule has 0 radical (unpaired) electrons. The second-order valence-electron chi connectivity index (χ2n) is 8.03. The van der Waals surface area contributed by atoms with Gasteiger partial charge in [0.1, 0.15) is 10.6 Å². The van der Waals surface area contributed by atoms with Crippen molar-refractivity contribution >= 4 is 39.0 Å². The van der Waals surface area contributed by atoms with Crippen molar-refractivity contribution in [3.8, 4) is 10.6 Å². The summed E-state index contributed by atoms with van der Waals surface area (Å²) in [6.45, 7) is 15.3. The Hall–Kier alpha value is -1.92. The molecule has 0 bridgehead atoms. The van der Waals surface area contributed by atoms with Crippen molar-refractivity contribution in [3.05, 3.63) is 39.1 Å². The summed E-state index contributed by atoms with van der Waals surface area (Å²) in [6.07, 6.45) is 0.625. The number of hydrogen-bond acceptors (Lipinski definition) is 5. The Labute approximate surface area is 181 Å². The van der Waals surface area contributed by atoms with Crippen molar-refractivity contribution in [1.29, 1.82) is 0 Å². The van der Waals surface area contributed by atoms with Crippen LogP contribution in [-0.4, -0.2) is 28.1 Å². The summed E-state index contributed by atoms with van der Waals surface area (Å²) in [5.41, 5.74) is 4.48. The largest absolute Gasteiger partial charge is 0.444 e. The number of thiophene rings is 1. The molecule has 1 aliphatic heterocycles. The number of nitrogens with zero attached hydrogens (tertiary/aromatic N) is 2. The molecule has 0 aliphatic carbocycles. The molecule has 3 aromatic rings. The van der Waals surface area contributed by atoms with Crippen LogP contribution in [0.4, 0.5) is 4.79 Å². The van der Waals surface area contributed by atoms with E-state index < -0.39 is 5.60 Å². The lowest BCUT2D eigenvalue weighted by Gasteiger charge is -2.30. The monoisotopic (exact) mass is 430 g/mol. The molecule has 1 aliphatic rings. The molecular weight excluding hydrogens is 400 g/mol. The second-order valence-corrected chi connectivity index (χ2v) is 10.4. The van der Waals surface area contributed by atoms with Gasteiger partial charge >= 0.3 is 6.09 Å². The Morgan fingerprint density at radius 1 is 1.17 bits per heavy atom. The molecule has 156 valence electrons. The van der Waals surface area contributed by atoms with Crippen molar-refractivity contribution in [2.75, 3.05) is 6.54 Å². The second kappa shape index (κ2) is 8.44. The first-order valence-corrected chi connectivity index (χ1v) is 11.8. The highest BCUT2D eigenvalue weighted by molar-refractivity contribution is 7.22. The minimum Gasteiger partial charge on any atom is -0.444 e. The summed E-state index contributed by atoms with van der Waals surface area (Å²) in [5, 5.41) is 1.10. The van der Waals surface area contributed by atoms with E-state index in [9.17, 15) is 4.79 Å². The molecule has 0 saturated heterocycles. The predicted molar refractivity (Wildman–Crippen MR) is 124 cm³/mol. The fourth-order valence-electron chi connectivity index (χ4n) is 3.50. The molecule has 0 atom stereocenters. The number of amides is 1. The first-order valence-electron chi connectivity index (χ1n) is 10.2. The highest BCUT2D eigenvalue weighted by Crippen LogP contribution is 2.42. The molecule has 2 aromatic heterocycles. The standard InChI is InChI=1S/C21H24N2O2S2.C2H6/c1-12-7-6-8-15-18(12)22-19(27-15)17-13(2)26-16-11-23(10-9-14(16)17)20(24)25-21(3,4)5;1-2/h6-8H,9-11H2,1-5H3;1-2H3. The first kappa shape index (κ1) is 21.8. The van der Waals surface area contributed by atoms with E-state index in [0.717, 1.165) is 16.9 Å². The molecule has 29 heavy (non-hydrogen) atoms. The predicted octanol–water partition coefficient (Wildman–Crippen LogP) is 6.96. The smallest absolute Gasteiger partial charge is 0.410 e. The van der Waals surface area contributed by atoms with Crippen molar-refractivity contribution in [3.63, 3.8) is 0 Å². The molecule has 0 unspecified atom stereocenters. The van der Waals surface area contributed by atoms with Crippen LogP contribution >= 0.6 is 22.7 Å². The number of rotatable bonds is 1. The number of thiazole rings is 1. The third kappa shape index (κ3) is 4.48. The summed E-state index contributed by atoms with van der Waals surface area (Å²) < 4.78 is 6.78. The zero-order valence-corrected chi connectivity index (χ0v) is 20.0. The fraction of sp³-hybridized carbons (Fsp3) is 0.478. The molecule has 0 N–H and O–H groups in total. The maximum atomic E-state index is 12.4. The van der Waals surface area contributed by atoms with E-state index in [1.807, 2.05) is 39.5 Å². The van der Waals surface area contributed by atoms with Gasteiger partial charge in [-0.1, -0.05) is 26.0 Å². The van der Waals surface area contributed by atoms with Gasteiger partial charge in [0.15, 0.2) is 0 Å². The van der Waals surface area contributed by atoms with Gasteiger partial charge in [-0.3, -0.25) is 0 Å². The van der Waals surface area contributed by atoms with Gasteiger partial charge in [0.25, 0.3) is 0 Å². The maximum Gasteiger partial charge on any atom is 0.410 e. The van der Waals surface area contributed by atoms with Gasteiger partial charge in [-0.05, 0) is 58.2 Å².